The van der Waals surface area contributed by atoms with E-state index in [0.29, 0.717) is 41.3 Å². The van der Waals surface area contributed by atoms with Gasteiger partial charge in [0.15, 0.2) is 5.69 Å². The number of nitrogens with zero attached hydrogens (tertiary/aromatic N) is 6. The van der Waals surface area contributed by atoms with Crippen LogP contribution in [0.5, 0.6) is 5.75 Å². The van der Waals surface area contributed by atoms with Crippen molar-refractivity contribution in [3.05, 3.63) is 98.3 Å². The molecule has 0 saturated carbocycles. The lowest BCUT2D eigenvalue weighted by Crippen LogP contribution is -2.31. The van der Waals surface area contributed by atoms with Gasteiger partial charge in [0.2, 0.25) is 16.0 Å². The van der Waals surface area contributed by atoms with Gasteiger partial charge < -0.3 is 15.0 Å². The van der Waals surface area contributed by atoms with E-state index in [-0.39, 0.29) is 22.1 Å². The molecule has 1 aliphatic rings. The summed E-state index contributed by atoms with van der Waals surface area (Å²) in [6, 6.07) is 13.9. The summed E-state index contributed by atoms with van der Waals surface area (Å²) >= 11 is 6.05. The van der Waals surface area contributed by atoms with E-state index in [9.17, 15) is 18.0 Å². The number of para-hydroxylation sites is 2. The molecule has 0 radical (unpaired) electrons. The summed E-state index contributed by atoms with van der Waals surface area (Å²) in [6.07, 6.45) is 2.70. The quantitative estimate of drug-likeness (QED) is 0.234. The fraction of sp³-hybridized carbons (Fsp3) is 0.258. The maximum Gasteiger partial charge on any atom is 0.285 e. The van der Waals surface area contributed by atoms with Gasteiger partial charge in [0.25, 0.3) is 11.5 Å². The van der Waals surface area contributed by atoms with Crippen LogP contribution in [0.4, 0.5) is 11.6 Å². The van der Waals surface area contributed by atoms with Crippen LogP contribution in [0.2, 0.25) is 5.15 Å². The number of carbonyl (C=O) groups is 1. The highest BCUT2D eigenvalue weighted by molar-refractivity contribution is 7.89. The number of carbonyl (C=O) groups excluding carboxylic acids is 1. The van der Waals surface area contributed by atoms with Crippen molar-refractivity contribution in [2.24, 2.45) is 7.05 Å². The fourth-order valence-corrected chi connectivity index (χ4v) is 6.29. The average Bonchev–Trinajstić information content (AvgIpc) is 3.60. The number of sulfonamides is 1. The minimum Gasteiger partial charge on any atom is -0.494 e. The predicted octanol–water partition coefficient (Wildman–Crippen LogP) is 3.87. The van der Waals surface area contributed by atoms with E-state index in [1.54, 1.807) is 30.9 Å². The van der Waals surface area contributed by atoms with Crippen molar-refractivity contribution in [3.8, 4) is 11.4 Å². The molecular formula is C31H31ClN8O5S. The molecule has 1 aliphatic heterocycles. The molecule has 0 aliphatic carbocycles. The number of hydrogen-bond donors (Lipinski definition) is 2. The number of halogens is 1. The first-order valence-corrected chi connectivity index (χ1v) is 16.5. The van der Waals surface area contributed by atoms with E-state index in [0.717, 1.165) is 28.8 Å². The Morgan fingerprint density at radius 3 is 2.61 bits per heavy atom. The van der Waals surface area contributed by atoms with Crippen LogP contribution in [-0.4, -0.2) is 52.0 Å². The standard InChI is InChI=1S/C31H31ClN8O5S/c1-17-12-20(18(2)34-22-10-11-26(32)35-28(22)29(41)37-46(5,43)44)27-21(13-17)30(42)38(3)31(36-27)39-15-19-14-33-40(24(19)16-39)23-8-6-7-9-25(23)45-4/h6-14,18,34H,15-16H2,1-5H3,(H,37,41)/t18-/m1/s1. The van der Waals surface area contributed by atoms with Gasteiger partial charge in [0.1, 0.15) is 16.6 Å². The molecule has 2 N–H and O–H groups in total. The molecule has 0 bridgehead atoms. The highest BCUT2D eigenvalue weighted by atomic mass is 35.5. The number of amides is 1. The smallest absolute Gasteiger partial charge is 0.285 e. The molecular weight excluding hydrogens is 632 g/mol. The van der Waals surface area contributed by atoms with Crippen molar-refractivity contribution < 1.29 is 17.9 Å². The first-order chi connectivity index (χ1) is 21.8. The van der Waals surface area contributed by atoms with Crippen LogP contribution in [-0.2, 0) is 30.2 Å². The van der Waals surface area contributed by atoms with Gasteiger partial charge in [-0.15, -0.1) is 0 Å². The summed E-state index contributed by atoms with van der Waals surface area (Å²) in [7, 11) is -0.527. The molecule has 3 aromatic heterocycles. The largest absolute Gasteiger partial charge is 0.494 e. The third-order valence-electron chi connectivity index (χ3n) is 7.78. The molecule has 6 rings (SSSR count). The molecule has 1 atom stereocenters. The molecule has 0 spiro atoms. The topological polar surface area (TPSA) is 153 Å². The number of methoxy groups -OCH3 is 1. The Kier molecular flexibility index (Phi) is 7.94. The first kappa shape index (κ1) is 31.0. The van der Waals surface area contributed by atoms with Gasteiger partial charge in [-0.25, -0.2) is 27.8 Å². The highest BCUT2D eigenvalue weighted by Gasteiger charge is 2.29. The second-order valence-electron chi connectivity index (χ2n) is 11.2. The molecule has 0 saturated heterocycles. The maximum atomic E-state index is 13.8. The number of fused-ring (bicyclic) bond motifs is 2. The van der Waals surface area contributed by atoms with Crippen LogP contribution < -0.4 is 25.2 Å². The number of ether oxygens (including phenoxy) is 1. The lowest BCUT2D eigenvalue weighted by molar-refractivity contribution is 0.0977. The van der Waals surface area contributed by atoms with Gasteiger partial charge in [-0.3, -0.25) is 14.2 Å². The number of anilines is 2. The zero-order valence-electron chi connectivity index (χ0n) is 25.7. The van der Waals surface area contributed by atoms with Gasteiger partial charge in [0, 0.05) is 24.7 Å². The molecule has 1 amide bonds. The van der Waals surface area contributed by atoms with Gasteiger partial charge in [-0.1, -0.05) is 29.8 Å². The lowest BCUT2D eigenvalue weighted by atomic mass is 10.0. The predicted molar refractivity (Wildman–Crippen MR) is 175 cm³/mol. The number of rotatable bonds is 8. The zero-order chi connectivity index (χ0) is 32.9. The minimum absolute atomic E-state index is 0.0214. The second-order valence-corrected chi connectivity index (χ2v) is 13.3. The van der Waals surface area contributed by atoms with Crippen LogP contribution in [0.1, 0.15) is 45.8 Å². The zero-order valence-corrected chi connectivity index (χ0v) is 27.3. The second kappa shape index (κ2) is 11.8. The molecule has 46 heavy (non-hydrogen) atoms. The Labute approximate surface area is 269 Å². The third kappa shape index (κ3) is 5.76. The number of nitrogens with one attached hydrogen (secondary N) is 2. The number of aryl methyl sites for hydroxylation is 1. The Hall–Kier alpha value is -4.95. The molecule has 238 valence electrons. The summed E-state index contributed by atoms with van der Waals surface area (Å²) in [5, 5.41) is 8.31. The Bertz CT molecular complexity index is 2200. The Morgan fingerprint density at radius 2 is 1.87 bits per heavy atom. The average molecular weight is 663 g/mol. The van der Waals surface area contributed by atoms with E-state index in [1.807, 2.05) is 64.7 Å². The van der Waals surface area contributed by atoms with Crippen molar-refractivity contribution in [3.63, 3.8) is 0 Å². The van der Waals surface area contributed by atoms with Gasteiger partial charge >= 0.3 is 0 Å². The molecule has 2 aromatic carbocycles. The van der Waals surface area contributed by atoms with Crippen LogP contribution in [0.15, 0.2) is 59.5 Å². The minimum atomic E-state index is -3.85. The number of aromatic nitrogens is 5. The molecule has 4 heterocycles. The van der Waals surface area contributed by atoms with Gasteiger partial charge in [-0.05, 0) is 49.7 Å². The van der Waals surface area contributed by atoms with Crippen LogP contribution in [0, 0.1) is 6.92 Å². The SMILES string of the molecule is COc1ccccc1-n1ncc2c1CN(c1nc3c([C@@H](C)Nc4ccc(Cl)nc4C(=O)NS(C)(=O)=O)cc(C)cc3c(=O)n1C)C2. The molecule has 15 heteroatoms. The van der Waals surface area contributed by atoms with E-state index in [2.05, 4.69) is 15.4 Å². The van der Waals surface area contributed by atoms with Crippen molar-refractivity contribution in [2.75, 3.05) is 23.6 Å². The number of benzene rings is 2. The van der Waals surface area contributed by atoms with E-state index in [4.69, 9.17) is 21.3 Å². The number of hydrogen-bond acceptors (Lipinski definition) is 10. The summed E-state index contributed by atoms with van der Waals surface area (Å²) in [5.41, 5.74) is 4.69. The molecule has 5 aromatic rings. The van der Waals surface area contributed by atoms with Crippen molar-refractivity contribution in [1.29, 1.82) is 0 Å². The molecule has 13 nitrogen and oxygen atoms in total. The lowest BCUT2D eigenvalue weighted by Gasteiger charge is -2.23. The van der Waals surface area contributed by atoms with Gasteiger partial charge in [0.05, 0.1) is 54.4 Å². The summed E-state index contributed by atoms with van der Waals surface area (Å²) in [4.78, 5) is 37.7. The molecule has 0 fully saturated rings. The maximum absolute atomic E-state index is 13.8. The van der Waals surface area contributed by atoms with E-state index >= 15 is 0 Å². The van der Waals surface area contributed by atoms with E-state index in [1.165, 1.54) is 6.07 Å². The van der Waals surface area contributed by atoms with Crippen LogP contribution in [0.3, 0.4) is 0 Å². The van der Waals surface area contributed by atoms with Crippen molar-refractivity contribution in [1.82, 2.24) is 29.0 Å². The van der Waals surface area contributed by atoms with Crippen molar-refractivity contribution >= 4 is 50.1 Å². The van der Waals surface area contributed by atoms with E-state index < -0.39 is 22.0 Å². The monoisotopic (exact) mass is 662 g/mol. The summed E-state index contributed by atoms with van der Waals surface area (Å²) in [6.45, 7) is 4.70. The molecule has 0 unspecified atom stereocenters. The fourth-order valence-electron chi connectivity index (χ4n) is 5.71. The first-order valence-electron chi connectivity index (χ1n) is 14.2. The van der Waals surface area contributed by atoms with Crippen LogP contribution in [0.25, 0.3) is 16.6 Å². The number of pyridine rings is 1. The van der Waals surface area contributed by atoms with Gasteiger partial charge in [-0.2, -0.15) is 5.10 Å². The van der Waals surface area contributed by atoms with Crippen LogP contribution >= 0.6 is 11.6 Å². The summed E-state index contributed by atoms with van der Waals surface area (Å²) < 4.78 is 34.4. The normalized spacial score (nSPS) is 13.5. The summed E-state index contributed by atoms with van der Waals surface area (Å²) in [5.74, 6) is 0.250. The Balaban J connectivity index is 1.38. The third-order valence-corrected chi connectivity index (χ3v) is 8.54. The Morgan fingerprint density at radius 1 is 1.11 bits per heavy atom. The van der Waals surface area contributed by atoms with Crippen molar-refractivity contribution in [2.45, 2.75) is 33.0 Å². The highest BCUT2D eigenvalue weighted by Crippen LogP contribution is 2.33.